The normalized spacial score (nSPS) is 35.4. The highest BCUT2D eigenvalue weighted by atomic mass is 35.5. The predicted molar refractivity (Wildman–Crippen MR) is 126 cm³/mol. The topological polar surface area (TPSA) is 147 Å². The summed E-state index contributed by atoms with van der Waals surface area (Å²) >= 11 is 14.1. The van der Waals surface area contributed by atoms with Crippen LogP contribution in [0.5, 0.6) is 5.75 Å². The number of ether oxygens (including phenoxy) is 1. The second-order valence-corrected chi connectivity index (χ2v) is 10.7. The summed E-state index contributed by atoms with van der Waals surface area (Å²) in [6, 6.07) is 5.56. The van der Waals surface area contributed by atoms with E-state index in [0.717, 1.165) is 4.90 Å². The number of para-hydroxylation sites is 1. The molecule has 6 atom stereocenters. The molecule has 0 aromatic heterocycles. The monoisotopic (exact) mass is 535 g/mol. The average Bonchev–Trinajstić information content (AvgIpc) is 3.18. The third-order valence-electron chi connectivity index (χ3n) is 7.81. The highest BCUT2D eigenvalue weighted by Gasteiger charge is 2.76. The fourth-order valence-corrected chi connectivity index (χ4v) is 7.32. The Morgan fingerprint density at radius 2 is 1.83 bits per heavy atom. The zero-order valence-corrected chi connectivity index (χ0v) is 20.7. The summed E-state index contributed by atoms with van der Waals surface area (Å²) in [4.78, 5) is 62.4. The van der Waals surface area contributed by atoms with Crippen LogP contribution in [-0.4, -0.2) is 74.6 Å². The predicted octanol–water partition coefficient (Wildman–Crippen LogP) is 1.12. The van der Waals surface area contributed by atoms with Gasteiger partial charge in [-0.1, -0.05) is 29.8 Å². The van der Waals surface area contributed by atoms with Crippen molar-refractivity contribution in [3.8, 4) is 5.75 Å². The molecule has 5 rings (SSSR count). The van der Waals surface area contributed by atoms with Gasteiger partial charge >= 0.3 is 6.03 Å². The van der Waals surface area contributed by atoms with E-state index in [1.165, 1.54) is 7.05 Å². The third-order valence-corrected chi connectivity index (χ3v) is 9.23. The molecule has 10 nitrogen and oxygen atoms in total. The van der Waals surface area contributed by atoms with Crippen molar-refractivity contribution in [3.05, 3.63) is 41.5 Å². The quantitative estimate of drug-likeness (QED) is 0.333. The van der Waals surface area contributed by atoms with Crippen LogP contribution in [-0.2, 0) is 19.2 Å². The summed E-state index contributed by atoms with van der Waals surface area (Å²) in [7, 11) is 1.29. The van der Waals surface area contributed by atoms with Gasteiger partial charge in [-0.25, -0.2) is 4.79 Å². The summed E-state index contributed by atoms with van der Waals surface area (Å²) in [5, 5.41) is 9.30. The molecule has 3 N–H and O–H groups in total. The number of urea groups is 1. The molecule has 1 saturated carbocycles. The first-order valence-electron chi connectivity index (χ1n) is 11.4. The lowest BCUT2D eigenvalue weighted by Gasteiger charge is -2.51. The van der Waals surface area contributed by atoms with Crippen molar-refractivity contribution in [1.29, 1.82) is 0 Å². The van der Waals surface area contributed by atoms with Crippen molar-refractivity contribution < 1.29 is 33.8 Å². The number of hydrogen-bond donors (Lipinski definition) is 2. The first kappa shape index (κ1) is 24.7. The number of likely N-dealkylation sites (tertiary alicyclic amines) is 2. The number of halogens is 2. The lowest BCUT2D eigenvalue weighted by molar-refractivity contribution is -0.139. The Morgan fingerprint density at radius 1 is 1.14 bits per heavy atom. The summed E-state index contributed by atoms with van der Waals surface area (Å²) < 4.78 is 5.73. The van der Waals surface area contributed by atoms with Crippen LogP contribution < -0.4 is 10.5 Å². The number of fused-ring (bicyclic) bond motifs is 4. The third kappa shape index (κ3) is 2.98. The molecule has 0 bridgehead atoms. The van der Waals surface area contributed by atoms with Gasteiger partial charge in [0.1, 0.15) is 12.4 Å². The van der Waals surface area contributed by atoms with E-state index in [9.17, 15) is 29.1 Å². The highest BCUT2D eigenvalue weighted by molar-refractivity contribution is 6.53. The number of rotatable bonds is 4. The van der Waals surface area contributed by atoms with Crippen molar-refractivity contribution >= 4 is 52.9 Å². The molecule has 6 unspecified atom stereocenters. The van der Waals surface area contributed by atoms with Crippen molar-refractivity contribution in [1.82, 2.24) is 9.80 Å². The maximum Gasteiger partial charge on any atom is 0.328 e. The molecule has 0 spiro atoms. The van der Waals surface area contributed by atoms with Crippen molar-refractivity contribution in [2.75, 3.05) is 20.3 Å². The molecular formula is C24H23Cl2N3O7. The van der Waals surface area contributed by atoms with Crippen LogP contribution in [0.25, 0.3) is 0 Å². The molecule has 36 heavy (non-hydrogen) atoms. The van der Waals surface area contributed by atoms with Gasteiger partial charge < -0.3 is 15.6 Å². The number of amides is 6. The maximum atomic E-state index is 13.5. The van der Waals surface area contributed by atoms with E-state index < -0.39 is 63.1 Å². The number of alkyl halides is 2. The summed E-state index contributed by atoms with van der Waals surface area (Å²) in [6.07, 6.45) is 1.66. The number of hydrogen-bond acceptors (Lipinski definition) is 7. The standard InChI is InChI=1S/C24H23Cl2N3O7/c1-28-20(33)23(25)10-14-11(6-7-13-16(14)19(32)29(18(13)31)22(27)35)17(24(23,26)21(28)34)12-4-2-3-5-15(12)36-9-8-30/h2-6,13-14,16-17,30H,7-10H2,1H3,(H2,27,35). The lowest BCUT2D eigenvalue weighted by atomic mass is 9.56. The molecule has 190 valence electrons. The van der Waals surface area contributed by atoms with E-state index in [4.69, 9.17) is 33.7 Å². The fraction of sp³-hybridized carbons (Fsp3) is 0.458. The molecular weight excluding hydrogens is 513 g/mol. The Hall–Kier alpha value is -2.95. The molecule has 12 heteroatoms. The number of benzene rings is 1. The van der Waals surface area contributed by atoms with Gasteiger partial charge in [0.05, 0.1) is 18.4 Å². The van der Waals surface area contributed by atoms with E-state index in [1.807, 2.05) is 0 Å². The van der Waals surface area contributed by atoms with Crippen molar-refractivity contribution in [2.45, 2.75) is 28.5 Å². The van der Waals surface area contributed by atoms with Crippen LogP contribution in [0.15, 0.2) is 35.9 Å². The summed E-state index contributed by atoms with van der Waals surface area (Å²) in [5.74, 6) is -6.17. The van der Waals surface area contributed by atoms with Crippen molar-refractivity contribution in [3.63, 3.8) is 0 Å². The van der Waals surface area contributed by atoms with Gasteiger partial charge in [0.2, 0.25) is 11.8 Å². The second-order valence-electron chi connectivity index (χ2n) is 9.46. The first-order valence-corrected chi connectivity index (χ1v) is 12.2. The molecule has 4 aliphatic rings. The smallest absolute Gasteiger partial charge is 0.328 e. The van der Waals surface area contributed by atoms with Gasteiger partial charge in [-0.3, -0.25) is 24.1 Å². The van der Waals surface area contributed by atoms with Crippen LogP contribution in [0.1, 0.15) is 24.3 Å². The molecule has 6 amide bonds. The highest BCUT2D eigenvalue weighted by Crippen LogP contribution is 2.65. The Bertz CT molecular complexity index is 1250. The van der Waals surface area contributed by atoms with Gasteiger partial charge in [0, 0.05) is 18.5 Å². The molecule has 2 saturated heterocycles. The van der Waals surface area contributed by atoms with Gasteiger partial charge in [-0.2, -0.15) is 4.90 Å². The molecule has 2 aliphatic heterocycles. The van der Waals surface area contributed by atoms with Crippen LogP contribution in [0.3, 0.4) is 0 Å². The fourth-order valence-electron chi connectivity index (χ4n) is 6.31. The number of nitrogens with zero attached hydrogens (tertiary/aromatic N) is 2. The SMILES string of the molecule is CN1C(=O)C2(Cl)CC3C(=CCC4C(=O)N(C(N)=O)C(=O)C43)C(c3ccccc3OCCO)C2(Cl)C1=O. The second kappa shape index (κ2) is 8.29. The summed E-state index contributed by atoms with van der Waals surface area (Å²) in [6.45, 7) is -0.301. The van der Waals surface area contributed by atoms with Gasteiger partial charge in [0.25, 0.3) is 11.8 Å². The molecule has 1 aromatic rings. The Balaban J connectivity index is 1.73. The number of nitrogens with two attached hydrogens (primary N) is 1. The van der Waals surface area contributed by atoms with Crippen LogP contribution >= 0.6 is 23.2 Å². The zero-order chi connectivity index (χ0) is 26.2. The van der Waals surface area contributed by atoms with Gasteiger partial charge in [-0.15, -0.1) is 23.2 Å². The van der Waals surface area contributed by atoms with E-state index in [2.05, 4.69) is 0 Å². The molecule has 1 aromatic carbocycles. The Morgan fingerprint density at radius 3 is 2.50 bits per heavy atom. The molecule has 2 aliphatic carbocycles. The van der Waals surface area contributed by atoms with Crippen molar-refractivity contribution in [2.24, 2.45) is 23.5 Å². The number of primary amides is 1. The van der Waals surface area contributed by atoms with E-state index >= 15 is 0 Å². The number of carbonyl (C=O) groups is 5. The minimum atomic E-state index is -1.96. The van der Waals surface area contributed by atoms with E-state index in [-0.39, 0.29) is 26.1 Å². The van der Waals surface area contributed by atoms with E-state index in [0.29, 0.717) is 21.8 Å². The number of aliphatic hydroxyl groups is 1. The van der Waals surface area contributed by atoms with Crippen LogP contribution in [0.4, 0.5) is 4.79 Å². The number of allylic oxidation sites excluding steroid dienone is 2. The maximum absolute atomic E-state index is 13.5. The Kier molecular flexibility index (Phi) is 5.70. The average molecular weight is 536 g/mol. The minimum Gasteiger partial charge on any atom is -0.491 e. The molecule has 0 radical (unpaired) electrons. The minimum absolute atomic E-state index is 0.0362. The van der Waals surface area contributed by atoms with Crippen LogP contribution in [0, 0.1) is 17.8 Å². The number of imide groups is 4. The van der Waals surface area contributed by atoms with Gasteiger partial charge in [0.15, 0.2) is 9.75 Å². The lowest BCUT2D eigenvalue weighted by Crippen LogP contribution is -2.60. The summed E-state index contributed by atoms with van der Waals surface area (Å²) in [5.41, 5.74) is 6.32. The van der Waals surface area contributed by atoms with Gasteiger partial charge in [-0.05, 0) is 24.8 Å². The number of aliphatic hydroxyl groups excluding tert-OH is 1. The van der Waals surface area contributed by atoms with E-state index in [1.54, 1.807) is 30.3 Å². The number of carbonyl (C=O) groups excluding carboxylic acids is 5. The largest absolute Gasteiger partial charge is 0.491 e. The van der Waals surface area contributed by atoms with Crippen LogP contribution in [0.2, 0.25) is 0 Å². The Labute approximate surface area is 215 Å². The molecule has 2 heterocycles. The zero-order valence-electron chi connectivity index (χ0n) is 19.1. The first-order chi connectivity index (χ1) is 17.0. The molecule has 3 fully saturated rings.